The number of aliphatic hydroxyl groups excluding tert-OH is 1. The SMILES string of the molecule is CC1COC(CO)CN1c1nccc(C(=O)O)c1N. The number of aromatic carboxylic acids is 1. The first kappa shape index (κ1) is 13.6. The highest BCUT2D eigenvalue weighted by atomic mass is 16.5. The first-order chi connectivity index (χ1) is 9.04. The molecule has 1 fully saturated rings. The van der Waals surface area contributed by atoms with Gasteiger partial charge >= 0.3 is 5.97 Å². The normalized spacial score (nSPS) is 23.4. The maximum absolute atomic E-state index is 11.1. The van der Waals surface area contributed by atoms with Crippen LogP contribution in [0.25, 0.3) is 0 Å². The van der Waals surface area contributed by atoms with Gasteiger partial charge in [-0.25, -0.2) is 9.78 Å². The van der Waals surface area contributed by atoms with Gasteiger partial charge in [0, 0.05) is 12.7 Å². The van der Waals surface area contributed by atoms with Crippen LogP contribution in [0.4, 0.5) is 11.5 Å². The fourth-order valence-corrected chi connectivity index (χ4v) is 2.10. The predicted octanol–water partition coefficient (Wildman–Crippen LogP) is -0.0520. The van der Waals surface area contributed by atoms with Gasteiger partial charge < -0.3 is 25.6 Å². The van der Waals surface area contributed by atoms with E-state index in [0.717, 1.165) is 0 Å². The molecule has 1 aromatic heterocycles. The van der Waals surface area contributed by atoms with Crippen molar-refractivity contribution in [3.63, 3.8) is 0 Å². The molecule has 19 heavy (non-hydrogen) atoms. The van der Waals surface area contributed by atoms with E-state index in [2.05, 4.69) is 4.98 Å². The fraction of sp³-hybridized carbons (Fsp3) is 0.500. The Morgan fingerprint density at radius 3 is 3.05 bits per heavy atom. The highest BCUT2D eigenvalue weighted by Gasteiger charge is 2.29. The van der Waals surface area contributed by atoms with Crippen LogP contribution in [0.15, 0.2) is 12.3 Å². The molecule has 2 unspecified atom stereocenters. The van der Waals surface area contributed by atoms with Crippen LogP contribution >= 0.6 is 0 Å². The molecule has 2 atom stereocenters. The zero-order valence-electron chi connectivity index (χ0n) is 10.6. The summed E-state index contributed by atoms with van der Waals surface area (Å²) in [5.41, 5.74) is 6.05. The summed E-state index contributed by atoms with van der Waals surface area (Å²) in [6.45, 7) is 2.70. The number of anilines is 2. The number of ether oxygens (including phenoxy) is 1. The molecule has 0 aliphatic carbocycles. The van der Waals surface area contributed by atoms with Gasteiger partial charge in [-0.05, 0) is 13.0 Å². The van der Waals surface area contributed by atoms with Crippen molar-refractivity contribution in [2.24, 2.45) is 0 Å². The van der Waals surface area contributed by atoms with Gasteiger partial charge in [-0.3, -0.25) is 0 Å². The Balaban J connectivity index is 2.34. The lowest BCUT2D eigenvalue weighted by Crippen LogP contribution is -2.50. The summed E-state index contributed by atoms with van der Waals surface area (Å²) in [5, 5.41) is 18.2. The van der Waals surface area contributed by atoms with Crippen LogP contribution in [0.1, 0.15) is 17.3 Å². The molecule has 1 aromatic rings. The molecule has 0 saturated carbocycles. The van der Waals surface area contributed by atoms with Gasteiger partial charge in [0.05, 0.1) is 36.6 Å². The van der Waals surface area contributed by atoms with E-state index in [1.807, 2.05) is 11.8 Å². The Morgan fingerprint density at radius 1 is 1.68 bits per heavy atom. The molecule has 2 heterocycles. The molecule has 0 radical (unpaired) electrons. The summed E-state index contributed by atoms with van der Waals surface area (Å²) in [6.07, 6.45) is 1.11. The van der Waals surface area contributed by atoms with Crippen LogP contribution in [0, 0.1) is 0 Å². The molecular formula is C12H17N3O4. The Labute approximate surface area is 110 Å². The maximum Gasteiger partial charge on any atom is 0.337 e. The molecule has 1 aliphatic rings. The third-order valence-corrected chi connectivity index (χ3v) is 3.18. The highest BCUT2D eigenvalue weighted by Crippen LogP contribution is 2.27. The van der Waals surface area contributed by atoms with Crippen molar-refractivity contribution in [2.45, 2.75) is 19.1 Å². The zero-order valence-corrected chi connectivity index (χ0v) is 10.6. The Bertz CT molecular complexity index is 480. The second kappa shape index (κ2) is 5.41. The average Bonchev–Trinajstić information content (AvgIpc) is 2.39. The van der Waals surface area contributed by atoms with E-state index in [4.69, 9.17) is 20.7 Å². The van der Waals surface area contributed by atoms with Crippen molar-refractivity contribution in [1.82, 2.24) is 4.98 Å². The number of carboxylic acids is 1. The number of aromatic nitrogens is 1. The Kier molecular flexibility index (Phi) is 3.87. The Hall–Kier alpha value is -1.86. The van der Waals surface area contributed by atoms with Crippen LogP contribution in [0.5, 0.6) is 0 Å². The molecule has 104 valence electrons. The van der Waals surface area contributed by atoms with E-state index in [-0.39, 0.29) is 30.0 Å². The summed E-state index contributed by atoms with van der Waals surface area (Å²) in [6, 6.07) is 1.39. The first-order valence-electron chi connectivity index (χ1n) is 6.01. The van der Waals surface area contributed by atoms with E-state index in [0.29, 0.717) is 19.0 Å². The van der Waals surface area contributed by atoms with Gasteiger partial charge in [0.15, 0.2) is 5.82 Å². The van der Waals surface area contributed by atoms with Crippen molar-refractivity contribution >= 4 is 17.5 Å². The summed E-state index contributed by atoms with van der Waals surface area (Å²) in [4.78, 5) is 17.1. The molecule has 7 nitrogen and oxygen atoms in total. The molecule has 0 aromatic carbocycles. The third kappa shape index (κ3) is 2.61. The molecule has 2 rings (SSSR count). The van der Waals surface area contributed by atoms with E-state index in [1.54, 1.807) is 0 Å². The number of nitrogen functional groups attached to an aromatic ring is 1. The lowest BCUT2D eigenvalue weighted by Gasteiger charge is -2.38. The largest absolute Gasteiger partial charge is 0.478 e. The number of aliphatic hydroxyl groups is 1. The van der Waals surface area contributed by atoms with E-state index in [9.17, 15) is 4.79 Å². The second-order valence-corrected chi connectivity index (χ2v) is 4.54. The predicted molar refractivity (Wildman–Crippen MR) is 69.2 cm³/mol. The number of nitrogens with two attached hydrogens (primary N) is 1. The number of hydrogen-bond donors (Lipinski definition) is 3. The zero-order chi connectivity index (χ0) is 14.0. The van der Waals surface area contributed by atoms with Gasteiger partial charge in [-0.15, -0.1) is 0 Å². The second-order valence-electron chi connectivity index (χ2n) is 4.54. The van der Waals surface area contributed by atoms with E-state index >= 15 is 0 Å². The summed E-state index contributed by atoms with van der Waals surface area (Å²) in [7, 11) is 0. The molecule has 0 amide bonds. The van der Waals surface area contributed by atoms with Crippen LogP contribution in [-0.4, -0.2) is 53.1 Å². The highest BCUT2D eigenvalue weighted by molar-refractivity contribution is 5.96. The van der Waals surface area contributed by atoms with Crippen molar-refractivity contribution in [3.05, 3.63) is 17.8 Å². The van der Waals surface area contributed by atoms with Crippen LogP contribution in [0.2, 0.25) is 0 Å². The van der Waals surface area contributed by atoms with Crippen molar-refractivity contribution in [2.75, 3.05) is 30.4 Å². The van der Waals surface area contributed by atoms with Crippen LogP contribution < -0.4 is 10.6 Å². The Morgan fingerprint density at radius 2 is 2.42 bits per heavy atom. The van der Waals surface area contributed by atoms with E-state index in [1.165, 1.54) is 12.3 Å². The van der Waals surface area contributed by atoms with Gasteiger partial charge in [0.1, 0.15) is 0 Å². The van der Waals surface area contributed by atoms with Gasteiger partial charge in [0.2, 0.25) is 0 Å². The first-order valence-corrected chi connectivity index (χ1v) is 6.01. The van der Waals surface area contributed by atoms with Gasteiger partial charge in [-0.1, -0.05) is 0 Å². The average molecular weight is 267 g/mol. The molecule has 1 aliphatic heterocycles. The number of morpholine rings is 1. The number of carboxylic acid groups (broad SMARTS) is 1. The van der Waals surface area contributed by atoms with Crippen molar-refractivity contribution in [3.8, 4) is 0 Å². The summed E-state index contributed by atoms with van der Waals surface area (Å²) < 4.78 is 5.43. The number of carbonyl (C=O) groups is 1. The van der Waals surface area contributed by atoms with Gasteiger partial charge in [0.25, 0.3) is 0 Å². The van der Waals surface area contributed by atoms with Crippen LogP contribution in [-0.2, 0) is 4.74 Å². The van der Waals surface area contributed by atoms with Gasteiger partial charge in [-0.2, -0.15) is 0 Å². The summed E-state index contributed by atoms with van der Waals surface area (Å²) >= 11 is 0. The number of hydrogen-bond acceptors (Lipinski definition) is 6. The number of nitrogens with zero attached hydrogens (tertiary/aromatic N) is 2. The molecule has 7 heteroatoms. The number of pyridine rings is 1. The lowest BCUT2D eigenvalue weighted by molar-refractivity contribution is -0.0105. The lowest BCUT2D eigenvalue weighted by atomic mass is 10.1. The van der Waals surface area contributed by atoms with Crippen molar-refractivity contribution in [1.29, 1.82) is 0 Å². The molecular weight excluding hydrogens is 250 g/mol. The minimum atomic E-state index is -1.08. The topological polar surface area (TPSA) is 109 Å². The molecule has 4 N–H and O–H groups in total. The smallest absolute Gasteiger partial charge is 0.337 e. The maximum atomic E-state index is 11.1. The van der Waals surface area contributed by atoms with Crippen LogP contribution in [0.3, 0.4) is 0 Å². The minimum Gasteiger partial charge on any atom is -0.478 e. The monoisotopic (exact) mass is 267 g/mol. The van der Waals surface area contributed by atoms with Crippen molar-refractivity contribution < 1.29 is 19.7 Å². The molecule has 1 saturated heterocycles. The third-order valence-electron chi connectivity index (χ3n) is 3.18. The fourth-order valence-electron chi connectivity index (χ4n) is 2.10. The minimum absolute atomic E-state index is 0.0154. The number of rotatable bonds is 3. The molecule has 0 bridgehead atoms. The standard InChI is InChI=1S/C12H17N3O4/c1-7-6-19-8(5-16)4-15(7)11-10(13)9(12(17)18)2-3-14-11/h2-3,7-8,16H,4-6,13H2,1H3,(H,17,18). The van der Waals surface area contributed by atoms with E-state index < -0.39 is 5.97 Å². The molecule has 0 spiro atoms. The quantitative estimate of drug-likeness (QED) is 0.704. The summed E-state index contributed by atoms with van der Waals surface area (Å²) in [5.74, 6) is -0.657.